The molecule has 1 aliphatic rings. The molecule has 2 amide bonds. The summed E-state index contributed by atoms with van der Waals surface area (Å²) in [4.78, 5) is 28.2. The summed E-state index contributed by atoms with van der Waals surface area (Å²) >= 11 is 1.76. The van der Waals surface area contributed by atoms with Gasteiger partial charge in [0.25, 0.3) is 0 Å². The highest BCUT2D eigenvalue weighted by Crippen LogP contribution is 2.25. The summed E-state index contributed by atoms with van der Waals surface area (Å²) in [7, 11) is 0. The van der Waals surface area contributed by atoms with Gasteiger partial charge in [-0.2, -0.15) is 0 Å². The number of benzene rings is 2. The maximum absolute atomic E-state index is 12.5. The quantitative estimate of drug-likeness (QED) is 0.698. The number of rotatable bonds is 5. The van der Waals surface area contributed by atoms with Crippen molar-refractivity contribution in [3.05, 3.63) is 69.9 Å². The van der Waals surface area contributed by atoms with Crippen LogP contribution in [-0.2, 0) is 22.6 Å². The van der Waals surface area contributed by atoms with Gasteiger partial charge < -0.3 is 10.2 Å². The third-order valence-corrected chi connectivity index (χ3v) is 6.42. The average Bonchev–Trinajstić information content (AvgIpc) is 3.19. The molecule has 144 valence electrons. The highest BCUT2D eigenvalue weighted by molar-refractivity contribution is 7.10. The number of hydrogen-bond donors (Lipinski definition) is 1. The molecule has 0 spiro atoms. The molecule has 5 heteroatoms. The zero-order chi connectivity index (χ0) is 19.5. The molecule has 4 nitrogen and oxygen atoms in total. The lowest BCUT2D eigenvalue weighted by molar-refractivity contribution is -0.134. The van der Waals surface area contributed by atoms with Crippen molar-refractivity contribution in [1.82, 2.24) is 10.2 Å². The predicted octanol–water partition coefficient (Wildman–Crippen LogP) is 4.44. The third kappa shape index (κ3) is 3.94. The number of hydrogen-bond acceptors (Lipinski definition) is 3. The number of nitrogens with one attached hydrogen (secondary N) is 1. The Labute approximate surface area is 169 Å². The van der Waals surface area contributed by atoms with Gasteiger partial charge in [-0.3, -0.25) is 9.59 Å². The van der Waals surface area contributed by atoms with Crippen LogP contribution in [0.1, 0.15) is 41.8 Å². The van der Waals surface area contributed by atoms with E-state index in [2.05, 4.69) is 35.0 Å². The van der Waals surface area contributed by atoms with Crippen LogP contribution in [0.25, 0.3) is 10.8 Å². The molecule has 1 unspecified atom stereocenters. The number of thiophene rings is 1. The lowest BCUT2D eigenvalue weighted by Crippen LogP contribution is -2.36. The van der Waals surface area contributed by atoms with E-state index in [-0.39, 0.29) is 30.7 Å². The molecule has 2 heterocycles. The minimum Gasteiger partial charge on any atom is -0.350 e. The lowest BCUT2D eigenvalue weighted by atomic mass is 9.99. The van der Waals surface area contributed by atoms with Crippen LogP contribution in [0.4, 0.5) is 0 Å². The molecule has 28 heavy (non-hydrogen) atoms. The Bertz CT molecular complexity index is 1010. The molecule has 0 bridgehead atoms. The largest absolute Gasteiger partial charge is 0.350 e. The summed E-state index contributed by atoms with van der Waals surface area (Å²) in [5.74, 6) is -0.0215. The molecule has 2 aromatic carbocycles. The van der Waals surface area contributed by atoms with Gasteiger partial charge in [-0.1, -0.05) is 42.5 Å². The molecule has 1 atom stereocenters. The number of carbonyl (C=O) groups excluding carboxylic acids is 2. The van der Waals surface area contributed by atoms with Crippen LogP contribution < -0.4 is 5.32 Å². The normalized spacial score (nSPS) is 14.5. The Morgan fingerprint density at radius 3 is 2.82 bits per heavy atom. The van der Waals surface area contributed by atoms with Crippen molar-refractivity contribution in [3.8, 4) is 0 Å². The maximum Gasteiger partial charge on any atom is 0.223 e. The van der Waals surface area contributed by atoms with E-state index in [1.807, 2.05) is 36.1 Å². The fraction of sp³-hybridized carbons (Fsp3) is 0.304. The third-order valence-electron chi connectivity index (χ3n) is 5.39. The van der Waals surface area contributed by atoms with E-state index in [4.69, 9.17) is 0 Å². The smallest absolute Gasteiger partial charge is 0.223 e. The predicted molar refractivity (Wildman–Crippen MR) is 113 cm³/mol. The number of carbonyl (C=O) groups is 2. The Kier molecular flexibility index (Phi) is 5.44. The number of fused-ring (bicyclic) bond motifs is 2. The first kappa shape index (κ1) is 18.7. The van der Waals surface area contributed by atoms with Crippen molar-refractivity contribution in [2.75, 3.05) is 6.54 Å². The summed E-state index contributed by atoms with van der Waals surface area (Å²) in [5, 5.41) is 7.44. The van der Waals surface area contributed by atoms with Gasteiger partial charge >= 0.3 is 0 Å². The lowest BCUT2D eigenvalue weighted by Gasteiger charge is -2.27. The second-order valence-electron chi connectivity index (χ2n) is 7.29. The van der Waals surface area contributed by atoms with Crippen LogP contribution in [0, 0.1) is 0 Å². The SMILES string of the molecule is CC(NC(=O)CCC(=O)N1CCc2sccc2C1)c1cccc2ccccc12. The molecule has 0 fully saturated rings. The molecular weight excluding hydrogens is 368 g/mol. The van der Waals surface area contributed by atoms with Gasteiger partial charge in [-0.05, 0) is 46.7 Å². The van der Waals surface area contributed by atoms with Crippen LogP contribution in [0.15, 0.2) is 53.9 Å². The van der Waals surface area contributed by atoms with Crippen LogP contribution in [0.5, 0.6) is 0 Å². The summed E-state index contributed by atoms with van der Waals surface area (Å²) in [5.41, 5.74) is 2.34. The number of nitrogens with zero attached hydrogens (tertiary/aromatic N) is 1. The van der Waals surface area contributed by atoms with Crippen LogP contribution in [0.2, 0.25) is 0 Å². The number of amides is 2. The molecule has 4 rings (SSSR count). The van der Waals surface area contributed by atoms with Crippen molar-refractivity contribution in [1.29, 1.82) is 0 Å². The van der Waals surface area contributed by atoms with Crippen LogP contribution in [-0.4, -0.2) is 23.3 Å². The summed E-state index contributed by atoms with van der Waals surface area (Å²) in [6, 6.07) is 16.3. The fourth-order valence-corrected chi connectivity index (χ4v) is 4.75. The van der Waals surface area contributed by atoms with Crippen LogP contribution in [0.3, 0.4) is 0 Å². The Morgan fingerprint density at radius 2 is 1.93 bits per heavy atom. The van der Waals surface area contributed by atoms with Gasteiger partial charge in [0, 0.05) is 30.8 Å². The van der Waals surface area contributed by atoms with Crippen molar-refractivity contribution in [2.45, 2.75) is 38.8 Å². The fourth-order valence-electron chi connectivity index (χ4n) is 3.86. The molecule has 1 N–H and O–H groups in total. The minimum absolute atomic E-state index is 0.0600. The molecule has 3 aromatic rings. The Hall–Kier alpha value is -2.66. The first-order valence-corrected chi connectivity index (χ1v) is 10.6. The summed E-state index contributed by atoms with van der Waals surface area (Å²) in [6.45, 7) is 3.41. The first-order valence-electron chi connectivity index (χ1n) is 9.72. The summed E-state index contributed by atoms with van der Waals surface area (Å²) in [6.07, 6.45) is 1.40. The van der Waals surface area contributed by atoms with E-state index >= 15 is 0 Å². The average molecular weight is 393 g/mol. The highest BCUT2D eigenvalue weighted by atomic mass is 32.1. The Morgan fingerprint density at radius 1 is 1.11 bits per heavy atom. The standard InChI is InChI=1S/C23H24N2O2S/c1-16(19-8-4-6-17-5-2-3-7-20(17)19)24-22(26)9-10-23(27)25-13-11-21-18(15-25)12-14-28-21/h2-8,12,14,16H,9-11,13,15H2,1H3,(H,24,26). The highest BCUT2D eigenvalue weighted by Gasteiger charge is 2.22. The maximum atomic E-state index is 12.5. The van der Waals surface area contributed by atoms with Crippen molar-refractivity contribution in [2.24, 2.45) is 0 Å². The van der Waals surface area contributed by atoms with E-state index < -0.39 is 0 Å². The van der Waals surface area contributed by atoms with Gasteiger partial charge in [0.1, 0.15) is 0 Å². The zero-order valence-electron chi connectivity index (χ0n) is 16.0. The van der Waals surface area contributed by atoms with Gasteiger partial charge in [-0.15, -0.1) is 11.3 Å². The topological polar surface area (TPSA) is 49.4 Å². The summed E-state index contributed by atoms with van der Waals surface area (Å²) < 4.78 is 0. The second-order valence-corrected chi connectivity index (χ2v) is 8.29. The van der Waals surface area contributed by atoms with Crippen molar-refractivity contribution >= 4 is 33.9 Å². The monoisotopic (exact) mass is 392 g/mol. The van der Waals surface area contributed by atoms with E-state index in [0.29, 0.717) is 6.54 Å². The molecular formula is C23H24N2O2S. The molecule has 0 saturated carbocycles. The Balaban J connectivity index is 1.32. The van der Waals surface area contributed by atoms with Gasteiger partial charge in [0.2, 0.25) is 11.8 Å². The van der Waals surface area contributed by atoms with Gasteiger partial charge in [0.15, 0.2) is 0 Å². The van der Waals surface area contributed by atoms with Crippen molar-refractivity contribution in [3.63, 3.8) is 0 Å². The van der Waals surface area contributed by atoms with E-state index in [1.54, 1.807) is 11.3 Å². The van der Waals surface area contributed by atoms with Gasteiger partial charge in [-0.25, -0.2) is 0 Å². The van der Waals surface area contributed by atoms with E-state index in [0.717, 1.165) is 29.3 Å². The molecule has 1 aliphatic heterocycles. The molecule has 0 radical (unpaired) electrons. The van der Waals surface area contributed by atoms with Gasteiger partial charge in [0.05, 0.1) is 6.04 Å². The molecule has 0 aliphatic carbocycles. The molecule has 1 aromatic heterocycles. The second kappa shape index (κ2) is 8.15. The minimum atomic E-state index is -0.1000. The van der Waals surface area contributed by atoms with E-state index in [1.165, 1.54) is 10.4 Å². The first-order chi connectivity index (χ1) is 13.6. The van der Waals surface area contributed by atoms with E-state index in [9.17, 15) is 9.59 Å². The van der Waals surface area contributed by atoms with Crippen molar-refractivity contribution < 1.29 is 9.59 Å². The molecule has 0 saturated heterocycles. The van der Waals surface area contributed by atoms with Crippen LogP contribution >= 0.6 is 11.3 Å². The zero-order valence-corrected chi connectivity index (χ0v) is 16.8.